The third-order valence-corrected chi connectivity index (χ3v) is 2.94. The molecule has 0 aliphatic rings. The molecule has 0 aliphatic carbocycles. The average Bonchev–Trinajstić information content (AvgIpc) is 2.38. The molecule has 18 heavy (non-hydrogen) atoms. The Labute approximate surface area is 112 Å². The molecule has 0 radical (unpaired) electrons. The monoisotopic (exact) mass is 262 g/mol. The van der Waals surface area contributed by atoms with Crippen LogP contribution in [0.5, 0.6) is 5.88 Å². The zero-order valence-electron chi connectivity index (χ0n) is 10.4. The molecular formula is C14H15ClN2O. The van der Waals surface area contributed by atoms with Crippen LogP contribution in [0, 0.1) is 6.92 Å². The van der Waals surface area contributed by atoms with Gasteiger partial charge in [-0.15, -0.1) is 0 Å². The van der Waals surface area contributed by atoms with Gasteiger partial charge in [-0.05, 0) is 36.8 Å². The SMILES string of the molecule is COc1ncccc1CNc1ccc(Cl)cc1C. The Kier molecular flexibility index (Phi) is 4.05. The Hall–Kier alpha value is -1.74. The molecule has 1 heterocycles. The van der Waals surface area contributed by atoms with Gasteiger partial charge < -0.3 is 10.1 Å². The largest absolute Gasteiger partial charge is 0.481 e. The third-order valence-electron chi connectivity index (χ3n) is 2.70. The summed E-state index contributed by atoms with van der Waals surface area (Å²) in [7, 11) is 1.62. The van der Waals surface area contributed by atoms with Crippen molar-refractivity contribution in [2.75, 3.05) is 12.4 Å². The smallest absolute Gasteiger partial charge is 0.218 e. The lowest BCUT2D eigenvalue weighted by atomic mass is 10.2. The van der Waals surface area contributed by atoms with Crippen molar-refractivity contribution in [3.63, 3.8) is 0 Å². The van der Waals surface area contributed by atoms with Gasteiger partial charge in [0.1, 0.15) is 0 Å². The van der Waals surface area contributed by atoms with Gasteiger partial charge in [0.05, 0.1) is 7.11 Å². The minimum Gasteiger partial charge on any atom is -0.481 e. The Balaban J connectivity index is 2.11. The first-order valence-electron chi connectivity index (χ1n) is 5.68. The maximum absolute atomic E-state index is 5.92. The van der Waals surface area contributed by atoms with E-state index in [1.165, 1.54) is 0 Å². The van der Waals surface area contributed by atoms with E-state index in [1.54, 1.807) is 13.3 Å². The van der Waals surface area contributed by atoms with E-state index < -0.39 is 0 Å². The molecule has 0 aliphatic heterocycles. The molecule has 3 nitrogen and oxygen atoms in total. The molecule has 2 rings (SSSR count). The molecule has 0 unspecified atom stereocenters. The molecule has 0 saturated heterocycles. The molecule has 1 N–H and O–H groups in total. The quantitative estimate of drug-likeness (QED) is 0.913. The number of aromatic nitrogens is 1. The van der Waals surface area contributed by atoms with E-state index in [0.29, 0.717) is 12.4 Å². The van der Waals surface area contributed by atoms with E-state index in [-0.39, 0.29) is 0 Å². The summed E-state index contributed by atoms with van der Waals surface area (Å²) in [6, 6.07) is 9.67. The molecule has 4 heteroatoms. The summed E-state index contributed by atoms with van der Waals surface area (Å²) in [5.74, 6) is 0.650. The summed E-state index contributed by atoms with van der Waals surface area (Å²) in [5.41, 5.74) is 3.20. The van der Waals surface area contributed by atoms with E-state index in [4.69, 9.17) is 16.3 Å². The Morgan fingerprint density at radius 3 is 2.89 bits per heavy atom. The van der Waals surface area contributed by atoms with Crippen LogP contribution in [0.2, 0.25) is 5.02 Å². The molecule has 0 fully saturated rings. The van der Waals surface area contributed by atoms with Crippen molar-refractivity contribution in [2.24, 2.45) is 0 Å². The molecule has 1 aromatic heterocycles. The lowest BCUT2D eigenvalue weighted by Gasteiger charge is -2.11. The summed E-state index contributed by atoms with van der Waals surface area (Å²) >= 11 is 5.92. The fourth-order valence-corrected chi connectivity index (χ4v) is 1.98. The summed E-state index contributed by atoms with van der Waals surface area (Å²) < 4.78 is 5.21. The number of halogens is 1. The molecule has 0 bridgehead atoms. The number of methoxy groups -OCH3 is 1. The van der Waals surface area contributed by atoms with Crippen LogP contribution in [0.4, 0.5) is 5.69 Å². The van der Waals surface area contributed by atoms with E-state index >= 15 is 0 Å². The topological polar surface area (TPSA) is 34.1 Å². The Morgan fingerprint density at radius 1 is 1.33 bits per heavy atom. The van der Waals surface area contributed by atoms with Gasteiger partial charge in [-0.2, -0.15) is 0 Å². The first kappa shape index (κ1) is 12.7. The van der Waals surface area contributed by atoms with Gasteiger partial charge >= 0.3 is 0 Å². The fraction of sp³-hybridized carbons (Fsp3) is 0.214. The lowest BCUT2D eigenvalue weighted by Crippen LogP contribution is -2.03. The van der Waals surface area contributed by atoms with Crippen LogP contribution in [0.3, 0.4) is 0 Å². The van der Waals surface area contributed by atoms with Gasteiger partial charge in [-0.3, -0.25) is 0 Å². The van der Waals surface area contributed by atoms with Crippen LogP contribution < -0.4 is 10.1 Å². The zero-order valence-corrected chi connectivity index (χ0v) is 11.2. The van der Waals surface area contributed by atoms with Gasteiger partial charge in [0.2, 0.25) is 5.88 Å². The first-order chi connectivity index (χ1) is 8.70. The van der Waals surface area contributed by atoms with Crippen molar-refractivity contribution < 1.29 is 4.74 Å². The normalized spacial score (nSPS) is 10.2. The number of nitrogens with one attached hydrogen (secondary N) is 1. The van der Waals surface area contributed by atoms with Crippen molar-refractivity contribution in [2.45, 2.75) is 13.5 Å². The molecule has 0 atom stereocenters. The van der Waals surface area contributed by atoms with Crippen LogP contribution in [-0.2, 0) is 6.54 Å². The second-order valence-electron chi connectivity index (χ2n) is 3.98. The molecule has 2 aromatic rings. The average molecular weight is 263 g/mol. The van der Waals surface area contributed by atoms with Gasteiger partial charge in [0, 0.05) is 29.0 Å². The third kappa shape index (κ3) is 2.93. The fourth-order valence-electron chi connectivity index (χ4n) is 1.76. The standard InChI is InChI=1S/C14H15ClN2O/c1-10-8-12(15)5-6-13(10)17-9-11-4-3-7-16-14(11)18-2/h3-8,17H,9H2,1-2H3. The van der Waals surface area contributed by atoms with Crippen molar-refractivity contribution in [3.8, 4) is 5.88 Å². The van der Waals surface area contributed by atoms with Crippen LogP contribution >= 0.6 is 11.6 Å². The van der Waals surface area contributed by atoms with Gasteiger partial charge in [-0.25, -0.2) is 4.98 Å². The number of benzene rings is 1. The summed E-state index contributed by atoms with van der Waals surface area (Å²) in [6.45, 7) is 2.69. The highest BCUT2D eigenvalue weighted by atomic mass is 35.5. The second-order valence-corrected chi connectivity index (χ2v) is 4.42. The highest BCUT2D eigenvalue weighted by Gasteiger charge is 2.04. The molecule has 0 amide bonds. The summed E-state index contributed by atoms with van der Waals surface area (Å²) in [6.07, 6.45) is 1.72. The van der Waals surface area contributed by atoms with Crippen molar-refractivity contribution in [1.29, 1.82) is 0 Å². The van der Waals surface area contributed by atoms with E-state index in [9.17, 15) is 0 Å². The minimum atomic E-state index is 0.650. The molecule has 1 aromatic carbocycles. The Bertz CT molecular complexity index is 543. The highest BCUT2D eigenvalue weighted by Crippen LogP contribution is 2.21. The lowest BCUT2D eigenvalue weighted by molar-refractivity contribution is 0.393. The van der Waals surface area contributed by atoms with Crippen LogP contribution in [0.1, 0.15) is 11.1 Å². The summed E-state index contributed by atoms with van der Waals surface area (Å²) in [5, 5.41) is 4.10. The number of anilines is 1. The van der Waals surface area contributed by atoms with Crippen LogP contribution in [0.25, 0.3) is 0 Å². The van der Waals surface area contributed by atoms with Gasteiger partial charge in [0.15, 0.2) is 0 Å². The first-order valence-corrected chi connectivity index (χ1v) is 6.06. The number of pyridine rings is 1. The molecular weight excluding hydrogens is 248 g/mol. The maximum Gasteiger partial charge on any atom is 0.218 e. The molecule has 0 spiro atoms. The van der Waals surface area contributed by atoms with E-state index in [1.807, 2.05) is 37.3 Å². The highest BCUT2D eigenvalue weighted by molar-refractivity contribution is 6.30. The second kappa shape index (κ2) is 5.74. The van der Waals surface area contributed by atoms with Gasteiger partial charge in [-0.1, -0.05) is 17.7 Å². The number of nitrogens with zero attached hydrogens (tertiary/aromatic N) is 1. The Morgan fingerprint density at radius 2 is 2.17 bits per heavy atom. The van der Waals surface area contributed by atoms with Crippen molar-refractivity contribution in [3.05, 3.63) is 52.7 Å². The van der Waals surface area contributed by atoms with Gasteiger partial charge in [0.25, 0.3) is 0 Å². The molecule has 0 saturated carbocycles. The predicted molar refractivity (Wildman–Crippen MR) is 74.3 cm³/mol. The maximum atomic E-state index is 5.92. The number of aryl methyl sites for hydroxylation is 1. The van der Waals surface area contributed by atoms with E-state index in [0.717, 1.165) is 21.8 Å². The van der Waals surface area contributed by atoms with Crippen LogP contribution in [0.15, 0.2) is 36.5 Å². The zero-order chi connectivity index (χ0) is 13.0. The minimum absolute atomic E-state index is 0.650. The van der Waals surface area contributed by atoms with Crippen molar-refractivity contribution >= 4 is 17.3 Å². The summed E-state index contributed by atoms with van der Waals surface area (Å²) in [4.78, 5) is 4.16. The number of rotatable bonds is 4. The predicted octanol–water partition coefficient (Wildman–Crippen LogP) is 3.66. The molecule has 94 valence electrons. The van der Waals surface area contributed by atoms with E-state index in [2.05, 4.69) is 10.3 Å². The van der Waals surface area contributed by atoms with Crippen molar-refractivity contribution in [1.82, 2.24) is 4.98 Å². The number of hydrogen-bond donors (Lipinski definition) is 1. The number of ether oxygens (including phenoxy) is 1. The number of hydrogen-bond acceptors (Lipinski definition) is 3. The van der Waals surface area contributed by atoms with Crippen LogP contribution in [-0.4, -0.2) is 12.1 Å².